The number of aromatic nitrogens is 1. The highest BCUT2D eigenvalue weighted by atomic mass is 19.2. The molecule has 1 aromatic heterocycles. The van der Waals surface area contributed by atoms with Gasteiger partial charge in [-0.3, -0.25) is 9.59 Å². The predicted octanol–water partition coefficient (Wildman–Crippen LogP) is 2.71. The summed E-state index contributed by atoms with van der Waals surface area (Å²) in [7, 11) is 0. The van der Waals surface area contributed by atoms with Crippen molar-refractivity contribution in [2.75, 3.05) is 0 Å². The van der Waals surface area contributed by atoms with Crippen LogP contribution in [0.4, 0.5) is 8.78 Å². The summed E-state index contributed by atoms with van der Waals surface area (Å²) < 4.78 is 28.4. The first kappa shape index (κ1) is 15.2. The van der Waals surface area contributed by atoms with E-state index in [1.54, 1.807) is 4.57 Å². The second-order valence-corrected chi connectivity index (χ2v) is 4.86. The zero-order chi connectivity index (χ0) is 15.6. The van der Waals surface area contributed by atoms with Crippen molar-refractivity contribution < 1.29 is 18.7 Å². The SMILES string of the molecule is CCCCn1c(CC(=O)O)cc(=O)c2cc(F)c(F)cc21. The van der Waals surface area contributed by atoms with Crippen LogP contribution in [-0.2, 0) is 17.8 Å². The van der Waals surface area contributed by atoms with E-state index < -0.39 is 23.0 Å². The van der Waals surface area contributed by atoms with Crippen molar-refractivity contribution in [3.05, 3.63) is 45.8 Å². The third-order valence-corrected chi connectivity index (χ3v) is 3.31. The van der Waals surface area contributed by atoms with Gasteiger partial charge in [-0.15, -0.1) is 0 Å². The van der Waals surface area contributed by atoms with Gasteiger partial charge in [-0.1, -0.05) is 13.3 Å². The van der Waals surface area contributed by atoms with E-state index in [1.165, 1.54) is 6.07 Å². The smallest absolute Gasteiger partial charge is 0.309 e. The van der Waals surface area contributed by atoms with Crippen molar-refractivity contribution in [1.82, 2.24) is 4.57 Å². The average Bonchev–Trinajstić information content (AvgIpc) is 2.40. The maximum atomic E-state index is 13.5. The van der Waals surface area contributed by atoms with Gasteiger partial charge in [0.1, 0.15) is 0 Å². The number of hydrogen-bond acceptors (Lipinski definition) is 2. The molecule has 0 unspecified atom stereocenters. The van der Waals surface area contributed by atoms with Crippen molar-refractivity contribution in [1.29, 1.82) is 0 Å². The number of carboxylic acids is 1. The summed E-state index contributed by atoms with van der Waals surface area (Å²) >= 11 is 0. The fourth-order valence-corrected chi connectivity index (χ4v) is 2.30. The van der Waals surface area contributed by atoms with E-state index in [4.69, 9.17) is 5.11 Å². The minimum Gasteiger partial charge on any atom is -0.481 e. The quantitative estimate of drug-likeness (QED) is 0.922. The van der Waals surface area contributed by atoms with Gasteiger partial charge in [0, 0.05) is 29.8 Å². The van der Waals surface area contributed by atoms with Crippen LogP contribution in [0.2, 0.25) is 0 Å². The van der Waals surface area contributed by atoms with Crippen molar-refractivity contribution >= 4 is 16.9 Å². The van der Waals surface area contributed by atoms with E-state index in [1.807, 2.05) is 6.92 Å². The van der Waals surface area contributed by atoms with Crippen LogP contribution in [0.15, 0.2) is 23.0 Å². The number of nitrogens with zero attached hydrogens (tertiary/aromatic N) is 1. The highest BCUT2D eigenvalue weighted by molar-refractivity contribution is 5.80. The van der Waals surface area contributed by atoms with Gasteiger partial charge in [0.2, 0.25) is 0 Å². The maximum absolute atomic E-state index is 13.5. The van der Waals surface area contributed by atoms with Crippen molar-refractivity contribution in [3.63, 3.8) is 0 Å². The molecule has 2 aromatic rings. The number of hydrogen-bond donors (Lipinski definition) is 1. The monoisotopic (exact) mass is 295 g/mol. The highest BCUT2D eigenvalue weighted by Crippen LogP contribution is 2.19. The number of aliphatic carboxylic acids is 1. The number of fused-ring (bicyclic) bond motifs is 1. The fraction of sp³-hybridized carbons (Fsp3) is 0.333. The van der Waals surface area contributed by atoms with E-state index in [9.17, 15) is 18.4 Å². The number of benzene rings is 1. The molecule has 2 rings (SSSR count). The molecule has 0 amide bonds. The molecule has 0 aliphatic rings. The molecule has 0 saturated heterocycles. The fourth-order valence-electron chi connectivity index (χ4n) is 2.30. The first-order valence-corrected chi connectivity index (χ1v) is 6.67. The molecule has 4 nitrogen and oxygen atoms in total. The van der Waals surface area contributed by atoms with Crippen LogP contribution < -0.4 is 5.43 Å². The van der Waals surface area contributed by atoms with Gasteiger partial charge in [-0.2, -0.15) is 0 Å². The van der Waals surface area contributed by atoms with Gasteiger partial charge >= 0.3 is 5.97 Å². The number of halogens is 2. The summed E-state index contributed by atoms with van der Waals surface area (Å²) in [6, 6.07) is 3.00. The van der Waals surface area contributed by atoms with Crippen LogP contribution in [0.5, 0.6) is 0 Å². The first-order chi connectivity index (χ1) is 9.93. The molecule has 6 heteroatoms. The summed E-state index contributed by atoms with van der Waals surface area (Å²) in [5, 5.41) is 8.98. The van der Waals surface area contributed by atoms with Gasteiger partial charge in [-0.05, 0) is 12.5 Å². The molecule has 112 valence electrons. The summed E-state index contributed by atoms with van der Waals surface area (Å²) in [6.07, 6.45) is 1.25. The van der Waals surface area contributed by atoms with Crippen LogP contribution in [0, 0.1) is 11.6 Å². The zero-order valence-electron chi connectivity index (χ0n) is 11.5. The van der Waals surface area contributed by atoms with Crippen molar-refractivity contribution in [2.45, 2.75) is 32.7 Å². The van der Waals surface area contributed by atoms with E-state index in [0.717, 1.165) is 25.0 Å². The Hall–Kier alpha value is -2.24. The number of unbranched alkanes of at least 4 members (excludes halogenated alkanes) is 1. The van der Waals surface area contributed by atoms with Gasteiger partial charge in [-0.25, -0.2) is 8.78 Å². The second kappa shape index (κ2) is 6.03. The molecule has 0 atom stereocenters. The molecule has 0 saturated carbocycles. The zero-order valence-corrected chi connectivity index (χ0v) is 11.5. The Morgan fingerprint density at radius 1 is 1.24 bits per heavy atom. The Kier molecular flexibility index (Phi) is 4.35. The molecule has 21 heavy (non-hydrogen) atoms. The van der Waals surface area contributed by atoms with Crippen molar-refractivity contribution in [3.8, 4) is 0 Å². The number of carboxylic acid groups (broad SMARTS) is 1. The van der Waals surface area contributed by atoms with Gasteiger partial charge < -0.3 is 9.67 Å². The molecular formula is C15H15F2NO3. The molecule has 0 spiro atoms. The van der Waals surface area contributed by atoms with Crippen LogP contribution in [0.1, 0.15) is 25.5 Å². The Bertz CT molecular complexity index is 753. The maximum Gasteiger partial charge on any atom is 0.309 e. The van der Waals surface area contributed by atoms with E-state index >= 15 is 0 Å². The lowest BCUT2D eigenvalue weighted by Crippen LogP contribution is -2.18. The average molecular weight is 295 g/mol. The van der Waals surface area contributed by atoms with E-state index in [0.29, 0.717) is 12.2 Å². The molecule has 0 aliphatic carbocycles. The molecule has 1 aromatic carbocycles. The Morgan fingerprint density at radius 2 is 1.90 bits per heavy atom. The molecule has 0 aliphatic heterocycles. The molecular weight excluding hydrogens is 280 g/mol. The minimum absolute atomic E-state index is 0.0548. The predicted molar refractivity (Wildman–Crippen MR) is 74.4 cm³/mol. The third kappa shape index (κ3) is 3.09. The Labute approximate surface area is 119 Å². The summed E-state index contributed by atoms with van der Waals surface area (Å²) in [6.45, 7) is 2.41. The van der Waals surface area contributed by atoms with E-state index in [2.05, 4.69) is 0 Å². The van der Waals surface area contributed by atoms with Gasteiger partial charge in [0.25, 0.3) is 0 Å². The number of carbonyl (C=O) groups is 1. The van der Waals surface area contributed by atoms with Crippen LogP contribution in [-0.4, -0.2) is 15.6 Å². The minimum atomic E-state index is -1.09. The molecule has 0 fully saturated rings. The number of rotatable bonds is 5. The normalized spacial score (nSPS) is 11.0. The molecule has 0 radical (unpaired) electrons. The first-order valence-electron chi connectivity index (χ1n) is 6.67. The Balaban J connectivity index is 2.75. The summed E-state index contributed by atoms with van der Waals surface area (Å²) in [5.74, 6) is -3.23. The summed E-state index contributed by atoms with van der Waals surface area (Å²) in [4.78, 5) is 22.9. The van der Waals surface area contributed by atoms with Gasteiger partial charge in [0.15, 0.2) is 17.1 Å². The van der Waals surface area contributed by atoms with Crippen LogP contribution >= 0.6 is 0 Å². The third-order valence-electron chi connectivity index (χ3n) is 3.31. The standard InChI is InChI=1S/C15H15F2NO3/c1-2-3-4-18-9(6-15(20)21)5-14(19)10-7-11(16)12(17)8-13(10)18/h5,7-8H,2-4,6H2,1H3,(H,20,21). The molecule has 0 bridgehead atoms. The lowest BCUT2D eigenvalue weighted by molar-refractivity contribution is -0.136. The number of pyridine rings is 1. The van der Waals surface area contributed by atoms with Crippen LogP contribution in [0.25, 0.3) is 10.9 Å². The second-order valence-electron chi connectivity index (χ2n) is 4.86. The lowest BCUT2D eigenvalue weighted by atomic mass is 10.1. The molecule has 1 heterocycles. The number of aryl methyl sites for hydroxylation is 1. The van der Waals surface area contributed by atoms with Crippen LogP contribution in [0.3, 0.4) is 0 Å². The molecule has 1 N–H and O–H groups in total. The topological polar surface area (TPSA) is 59.3 Å². The Morgan fingerprint density at radius 3 is 2.52 bits per heavy atom. The lowest BCUT2D eigenvalue weighted by Gasteiger charge is -2.16. The summed E-state index contributed by atoms with van der Waals surface area (Å²) in [5.41, 5.74) is 0.0125. The largest absolute Gasteiger partial charge is 0.481 e. The van der Waals surface area contributed by atoms with Gasteiger partial charge in [0.05, 0.1) is 11.9 Å². The highest BCUT2D eigenvalue weighted by Gasteiger charge is 2.14. The van der Waals surface area contributed by atoms with Crippen molar-refractivity contribution in [2.24, 2.45) is 0 Å². The van der Waals surface area contributed by atoms with E-state index in [-0.39, 0.29) is 17.3 Å².